The third-order valence-electron chi connectivity index (χ3n) is 7.22. The van der Waals surface area contributed by atoms with Gasteiger partial charge in [0, 0.05) is 31.7 Å². The van der Waals surface area contributed by atoms with Crippen LogP contribution in [0.5, 0.6) is 0 Å². The Hall–Kier alpha value is -2.99. The van der Waals surface area contributed by atoms with Gasteiger partial charge < -0.3 is 40.5 Å². The molecule has 2 aliphatic heterocycles. The molecule has 6 atom stereocenters. The van der Waals surface area contributed by atoms with Gasteiger partial charge in [0.05, 0.1) is 38.5 Å². The summed E-state index contributed by atoms with van der Waals surface area (Å²) in [5.41, 5.74) is -3.28. The average molecular weight is 1050 g/mol. The number of carbonyl (C=O) groups excluding carboxylic acids is 2. The summed E-state index contributed by atoms with van der Waals surface area (Å²) in [5, 5.41) is 41.7. The van der Waals surface area contributed by atoms with Crippen molar-refractivity contribution in [2.45, 2.75) is 83.1 Å². The molecule has 305 valence electrons. The van der Waals surface area contributed by atoms with E-state index in [0.29, 0.717) is 15.9 Å². The van der Waals surface area contributed by atoms with Crippen LogP contribution in [0.4, 0.5) is 13.2 Å². The van der Waals surface area contributed by atoms with Gasteiger partial charge in [0.1, 0.15) is 35.8 Å². The molecule has 0 bridgehead atoms. The van der Waals surface area contributed by atoms with Gasteiger partial charge in [-0.1, -0.05) is 38.0 Å². The van der Waals surface area contributed by atoms with E-state index in [1.807, 2.05) is 11.9 Å². The number of nitrogens with zero attached hydrogens (tertiary/aromatic N) is 2. The normalized spacial score (nSPS) is 21.1. The van der Waals surface area contributed by atoms with Gasteiger partial charge >= 0.3 is 72.9 Å². The van der Waals surface area contributed by atoms with E-state index in [1.165, 1.54) is 11.5 Å². The van der Waals surface area contributed by atoms with Gasteiger partial charge in [-0.15, -0.1) is 0 Å². The summed E-state index contributed by atoms with van der Waals surface area (Å²) in [6.07, 6.45) is -6.92. The van der Waals surface area contributed by atoms with E-state index in [-0.39, 0.29) is 50.5 Å². The van der Waals surface area contributed by atoms with E-state index < -0.39 is 84.6 Å². The van der Waals surface area contributed by atoms with Crippen molar-refractivity contribution in [1.29, 1.82) is 0 Å². The van der Waals surface area contributed by atoms with Crippen LogP contribution < -0.4 is 33.1 Å². The number of ether oxygens (including phenoxy) is 2. The van der Waals surface area contributed by atoms with Crippen molar-refractivity contribution in [1.82, 2.24) is 29.7 Å². The molecule has 2 aromatic rings. The maximum absolute atomic E-state index is 12.0. The molecule has 0 spiro atoms. The molecule has 0 radical (unpaired) electrons. The SMILES string of the molecule is C.CCCC(=O)NCC#Cc1cn(C2CC(O)C(CO)O2)c(=O)[nH]c1=O.O=C(NCC#Cc1cn(C2CC(O)C(CO)O2)c(=O)[nH]c1=O)C(F)(F)F.[I][V][I]. The zero-order valence-corrected chi connectivity index (χ0v) is 33.8. The Kier molecular flexibility index (Phi) is 22.4. The molecule has 0 aliphatic carbocycles. The van der Waals surface area contributed by atoms with E-state index in [0.717, 1.165) is 21.8 Å². The number of hydrogen-bond donors (Lipinski definition) is 8. The summed E-state index contributed by atoms with van der Waals surface area (Å²) >= 11 is 4.74. The van der Waals surface area contributed by atoms with Crippen molar-refractivity contribution in [3.8, 4) is 23.7 Å². The fourth-order valence-corrected chi connectivity index (χ4v) is 4.64. The number of alkyl halides is 3. The fraction of sp³-hybridized carbons (Fsp3) is 0.548. The first kappa shape index (κ1) is 50.0. The quantitative estimate of drug-likeness (QED) is 0.118. The number of amides is 2. The van der Waals surface area contributed by atoms with Crippen LogP contribution in [0.3, 0.4) is 0 Å². The molecule has 8 N–H and O–H groups in total. The number of aliphatic hydroxyl groups excluding tert-OH is 4. The number of aromatic nitrogens is 4. The van der Waals surface area contributed by atoms with Gasteiger partial charge in [-0.2, -0.15) is 13.2 Å². The molecular formula is C31H39F3I2N6O12V. The number of H-pyrrole nitrogens is 2. The fourth-order valence-electron chi connectivity index (χ4n) is 4.64. The number of nitrogens with one attached hydrogen (secondary N) is 4. The Morgan fingerprint density at radius 3 is 1.62 bits per heavy atom. The van der Waals surface area contributed by atoms with Gasteiger partial charge in [0.2, 0.25) is 5.91 Å². The van der Waals surface area contributed by atoms with Crippen molar-refractivity contribution in [3.63, 3.8) is 0 Å². The number of aliphatic hydroxyl groups is 4. The van der Waals surface area contributed by atoms with Gasteiger partial charge in [0.25, 0.3) is 11.1 Å². The number of aromatic amines is 2. The first-order chi connectivity index (χ1) is 25.5. The van der Waals surface area contributed by atoms with Gasteiger partial charge in [-0.3, -0.25) is 38.3 Å². The first-order valence-corrected chi connectivity index (χ1v) is 24.6. The molecule has 18 nitrogen and oxygen atoms in total. The molecular weight excluding hydrogens is 1010 g/mol. The molecule has 2 aromatic heterocycles. The van der Waals surface area contributed by atoms with E-state index in [9.17, 15) is 52.2 Å². The van der Waals surface area contributed by atoms with Crippen LogP contribution in [0.2, 0.25) is 0 Å². The van der Waals surface area contributed by atoms with Crippen molar-refractivity contribution < 1.29 is 62.1 Å². The second-order valence-corrected chi connectivity index (χ2v) is 22.8. The van der Waals surface area contributed by atoms with Crippen molar-refractivity contribution in [3.05, 3.63) is 65.2 Å². The van der Waals surface area contributed by atoms with E-state index in [4.69, 9.17) is 19.7 Å². The topological polar surface area (TPSA) is 267 Å². The van der Waals surface area contributed by atoms with Crippen LogP contribution in [0.25, 0.3) is 0 Å². The second kappa shape index (κ2) is 24.6. The van der Waals surface area contributed by atoms with Gasteiger partial charge in [-0.05, 0) is 6.42 Å². The molecule has 2 fully saturated rings. The van der Waals surface area contributed by atoms with Crippen LogP contribution in [0.1, 0.15) is 63.6 Å². The summed E-state index contributed by atoms with van der Waals surface area (Å²) in [7, 11) is 0.628. The van der Waals surface area contributed by atoms with Gasteiger partial charge in [-0.25, -0.2) is 9.59 Å². The molecule has 2 amide bonds. The van der Waals surface area contributed by atoms with E-state index in [2.05, 4.69) is 73.9 Å². The molecule has 24 heteroatoms. The van der Waals surface area contributed by atoms with E-state index in [1.54, 1.807) is 0 Å². The Bertz CT molecular complexity index is 1950. The van der Waals surface area contributed by atoms with Crippen LogP contribution in [0.15, 0.2) is 31.6 Å². The first-order valence-electron chi connectivity index (χ1n) is 15.6. The molecule has 0 saturated carbocycles. The van der Waals surface area contributed by atoms with Gasteiger partial charge in [0.15, 0.2) is 0 Å². The van der Waals surface area contributed by atoms with Crippen LogP contribution >= 0.6 is 40.0 Å². The molecule has 55 heavy (non-hydrogen) atoms. The minimum absolute atomic E-state index is 0. The summed E-state index contributed by atoms with van der Waals surface area (Å²) in [6.45, 7) is 0.462. The van der Waals surface area contributed by atoms with Crippen LogP contribution in [-0.2, 0) is 28.5 Å². The summed E-state index contributed by atoms with van der Waals surface area (Å²) in [4.78, 5) is 73.4. The van der Waals surface area contributed by atoms with Crippen molar-refractivity contribution in [2.24, 2.45) is 0 Å². The Morgan fingerprint density at radius 1 is 0.873 bits per heavy atom. The average Bonchev–Trinajstić information content (AvgIpc) is 3.67. The zero-order chi connectivity index (χ0) is 40.6. The molecule has 2 aliphatic rings. The second-order valence-electron chi connectivity index (χ2n) is 11.0. The zero-order valence-electron chi connectivity index (χ0n) is 28.1. The Balaban J connectivity index is 0.000000505. The standard InChI is InChI=1S/C16H21N3O6.C14H14F3N3O6.CH4.2HI.V/c1-2-4-13(22)17-6-3-5-10-8-19(16(24)18-15(10)23)14-7-11(21)12(9-20)25-14;15-14(16,17)12(24)18-3-1-2-7-5-20(13(25)19-11(7)23)10-4-8(22)9(6-21)26-10;;;;/h8,11-12,14,20-21H,2,4,6-7,9H2,1H3,(H,17,22)(H,18,23,24);5,8-10,21-22H,3-4,6H2,(H,18,24)(H,19,23,25);1H4;2*1H;/q;;;;;+2/p-2. The molecule has 6 unspecified atom stereocenters. The number of rotatable bonds is 8. The monoisotopic (exact) mass is 1050 g/mol. The van der Waals surface area contributed by atoms with Crippen molar-refractivity contribution >= 4 is 51.8 Å². The molecule has 4 rings (SSSR count). The summed E-state index contributed by atoms with van der Waals surface area (Å²) < 4.78 is 48.8. The Labute approximate surface area is 339 Å². The number of halogens is 5. The Morgan fingerprint density at radius 2 is 1.27 bits per heavy atom. The maximum atomic E-state index is 12.0. The third-order valence-corrected chi connectivity index (χ3v) is 7.22. The van der Waals surface area contributed by atoms with Crippen LogP contribution in [-0.4, -0.2) is 108 Å². The predicted octanol–water partition coefficient (Wildman–Crippen LogP) is -0.943. The van der Waals surface area contributed by atoms with Crippen molar-refractivity contribution in [2.75, 3.05) is 26.3 Å². The number of carbonyl (C=O) groups is 2. The third kappa shape index (κ3) is 15.8. The van der Waals surface area contributed by atoms with Crippen LogP contribution in [0, 0.1) is 23.7 Å². The number of hydrogen-bond acceptors (Lipinski definition) is 12. The molecule has 4 heterocycles. The summed E-state index contributed by atoms with van der Waals surface area (Å²) in [6, 6.07) is 0. The molecule has 2 saturated heterocycles. The summed E-state index contributed by atoms with van der Waals surface area (Å²) in [5.74, 6) is 7.36. The minimum atomic E-state index is -5.05. The molecule has 0 aromatic carbocycles. The predicted molar refractivity (Wildman–Crippen MR) is 201 cm³/mol. The van der Waals surface area contributed by atoms with E-state index >= 15 is 0 Å².